The predicted octanol–water partition coefficient (Wildman–Crippen LogP) is 2.09. The van der Waals surface area contributed by atoms with Gasteiger partial charge in [0.05, 0.1) is 19.3 Å². The molecule has 0 aromatic carbocycles. The molecule has 2 rings (SSSR count). The van der Waals surface area contributed by atoms with Crippen LogP contribution in [0.4, 0.5) is 9.59 Å². The molecule has 2 fully saturated rings. The summed E-state index contributed by atoms with van der Waals surface area (Å²) in [4.78, 5) is 42.9. The maximum absolute atomic E-state index is 12.8. The standard InChI is InChI=1S/C20H35N3O6/c1-19(2,3)28-17(25)22-7-8-23(18(26)29-20(4,5)6)15(14-22)13-16(24)21-9-11-27-12-10-21/h15H,7-14H2,1-6H3. The van der Waals surface area contributed by atoms with Crippen molar-refractivity contribution in [3.63, 3.8) is 0 Å². The number of hydrogen-bond acceptors (Lipinski definition) is 6. The first-order valence-electron chi connectivity index (χ1n) is 10.2. The van der Waals surface area contributed by atoms with E-state index in [1.807, 2.05) is 0 Å². The normalized spacial score (nSPS) is 21.0. The fourth-order valence-corrected chi connectivity index (χ4v) is 3.23. The zero-order chi connectivity index (χ0) is 21.8. The molecule has 3 amide bonds. The van der Waals surface area contributed by atoms with E-state index in [-0.39, 0.29) is 25.4 Å². The predicted molar refractivity (Wildman–Crippen MR) is 107 cm³/mol. The molecule has 0 aromatic heterocycles. The summed E-state index contributed by atoms with van der Waals surface area (Å²) in [5.41, 5.74) is -1.25. The van der Waals surface area contributed by atoms with Crippen molar-refractivity contribution in [2.75, 3.05) is 45.9 Å². The van der Waals surface area contributed by atoms with E-state index in [9.17, 15) is 14.4 Å². The number of ether oxygens (including phenoxy) is 3. The average molecular weight is 414 g/mol. The minimum absolute atomic E-state index is 0.0575. The molecule has 2 saturated heterocycles. The zero-order valence-electron chi connectivity index (χ0n) is 18.5. The van der Waals surface area contributed by atoms with E-state index >= 15 is 0 Å². The molecule has 2 aliphatic rings. The van der Waals surface area contributed by atoms with Gasteiger partial charge in [0.15, 0.2) is 0 Å². The largest absolute Gasteiger partial charge is 0.444 e. The first-order valence-corrected chi connectivity index (χ1v) is 10.2. The molecule has 0 aromatic rings. The average Bonchev–Trinajstić information content (AvgIpc) is 2.59. The smallest absolute Gasteiger partial charge is 0.410 e. The molecule has 2 heterocycles. The Morgan fingerprint density at radius 3 is 1.93 bits per heavy atom. The Morgan fingerprint density at radius 2 is 1.38 bits per heavy atom. The minimum Gasteiger partial charge on any atom is -0.444 e. The second kappa shape index (κ2) is 9.19. The molecular formula is C20H35N3O6. The van der Waals surface area contributed by atoms with E-state index in [1.165, 1.54) is 0 Å². The third-order valence-corrected chi connectivity index (χ3v) is 4.54. The fourth-order valence-electron chi connectivity index (χ4n) is 3.23. The number of hydrogen-bond donors (Lipinski definition) is 0. The summed E-state index contributed by atoms with van der Waals surface area (Å²) < 4.78 is 16.3. The van der Waals surface area contributed by atoms with E-state index in [2.05, 4.69) is 0 Å². The van der Waals surface area contributed by atoms with Gasteiger partial charge in [-0.25, -0.2) is 9.59 Å². The van der Waals surface area contributed by atoms with Crippen LogP contribution >= 0.6 is 0 Å². The molecule has 0 N–H and O–H groups in total. The van der Waals surface area contributed by atoms with Gasteiger partial charge in [0, 0.05) is 39.1 Å². The number of piperazine rings is 1. The van der Waals surface area contributed by atoms with Crippen LogP contribution < -0.4 is 0 Å². The molecule has 166 valence electrons. The van der Waals surface area contributed by atoms with Gasteiger partial charge in [-0.15, -0.1) is 0 Å². The van der Waals surface area contributed by atoms with E-state index in [0.717, 1.165) is 0 Å². The fraction of sp³-hybridized carbons (Fsp3) is 0.850. The van der Waals surface area contributed by atoms with Crippen LogP contribution in [-0.4, -0.2) is 96.0 Å². The summed E-state index contributed by atoms with van der Waals surface area (Å²) in [6, 6.07) is -0.471. The second-order valence-electron chi connectivity index (χ2n) is 9.45. The Labute approximate surface area is 173 Å². The summed E-state index contributed by atoms with van der Waals surface area (Å²) in [6.07, 6.45) is -0.787. The van der Waals surface area contributed by atoms with Crippen LogP contribution in [0.2, 0.25) is 0 Å². The lowest BCUT2D eigenvalue weighted by molar-refractivity contribution is -0.137. The SMILES string of the molecule is CC(C)(C)OC(=O)N1CCN(C(=O)OC(C)(C)C)C(CC(=O)N2CCOCC2)C1. The maximum Gasteiger partial charge on any atom is 0.410 e. The lowest BCUT2D eigenvalue weighted by Gasteiger charge is -2.42. The van der Waals surface area contributed by atoms with Crippen molar-refractivity contribution in [2.45, 2.75) is 65.2 Å². The summed E-state index contributed by atoms with van der Waals surface area (Å²) in [5, 5.41) is 0. The number of morpholine rings is 1. The van der Waals surface area contributed by atoms with Crippen molar-refractivity contribution >= 4 is 18.1 Å². The summed E-state index contributed by atoms with van der Waals surface area (Å²) in [5.74, 6) is -0.0575. The van der Waals surface area contributed by atoms with Gasteiger partial charge < -0.3 is 28.9 Å². The Balaban J connectivity index is 2.10. The van der Waals surface area contributed by atoms with Gasteiger partial charge in [0.1, 0.15) is 11.2 Å². The van der Waals surface area contributed by atoms with Crippen LogP contribution in [0.1, 0.15) is 48.0 Å². The number of amides is 3. The molecule has 2 aliphatic heterocycles. The molecular weight excluding hydrogens is 378 g/mol. The van der Waals surface area contributed by atoms with Crippen LogP contribution in [0.3, 0.4) is 0 Å². The van der Waals surface area contributed by atoms with E-state index in [4.69, 9.17) is 14.2 Å². The Kier molecular flexibility index (Phi) is 7.37. The van der Waals surface area contributed by atoms with Gasteiger partial charge in [-0.3, -0.25) is 4.79 Å². The van der Waals surface area contributed by atoms with Crippen molar-refractivity contribution < 1.29 is 28.6 Å². The highest BCUT2D eigenvalue weighted by Crippen LogP contribution is 2.21. The molecule has 1 atom stereocenters. The molecule has 0 saturated carbocycles. The minimum atomic E-state index is -0.641. The van der Waals surface area contributed by atoms with Gasteiger partial charge in [0.25, 0.3) is 0 Å². The lowest BCUT2D eigenvalue weighted by Crippen LogP contribution is -2.59. The van der Waals surface area contributed by atoms with Gasteiger partial charge in [-0.05, 0) is 41.5 Å². The Morgan fingerprint density at radius 1 is 0.828 bits per heavy atom. The monoisotopic (exact) mass is 413 g/mol. The molecule has 9 nitrogen and oxygen atoms in total. The zero-order valence-corrected chi connectivity index (χ0v) is 18.5. The van der Waals surface area contributed by atoms with Crippen LogP contribution in [0.25, 0.3) is 0 Å². The summed E-state index contributed by atoms with van der Waals surface area (Å²) in [6.45, 7) is 13.8. The van der Waals surface area contributed by atoms with E-state index in [0.29, 0.717) is 32.8 Å². The van der Waals surface area contributed by atoms with Crippen LogP contribution in [-0.2, 0) is 19.0 Å². The van der Waals surface area contributed by atoms with Crippen LogP contribution in [0.5, 0.6) is 0 Å². The molecule has 0 bridgehead atoms. The van der Waals surface area contributed by atoms with Gasteiger partial charge in [-0.1, -0.05) is 0 Å². The van der Waals surface area contributed by atoms with Crippen molar-refractivity contribution in [3.8, 4) is 0 Å². The first-order chi connectivity index (χ1) is 13.4. The highest BCUT2D eigenvalue weighted by atomic mass is 16.6. The molecule has 0 spiro atoms. The Hall–Kier alpha value is -2.03. The highest BCUT2D eigenvalue weighted by molar-refractivity contribution is 5.78. The topological polar surface area (TPSA) is 88.6 Å². The first kappa shape index (κ1) is 23.3. The molecule has 0 radical (unpaired) electrons. The quantitative estimate of drug-likeness (QED) is 0.689. The lowest BCUT2D eigenvalue weighted by atomic mass is 10.1. The number of carbonyl (C=O) groups excluding carboxylic acids is 3. The van der Waals surface area contributed by atoms with Gasteiger partial charge in [0.2, 0.25) is 5.91 Å². The molecule has 1 unspecified atom stereocenters. The van der Waals surface area contributed by atoms with Crippen molar-refractivity contribution in [1.82, 2.24) is 14.7 Å². The highest BCUT2D eigenvalue weighted by Gasteiger charge is 2.38. The molecule has 0 aliphatic carbocycles. The van der Waals surface area contributed by atoms with Crippen molar-refractivity contribution in [2.24, 2.45) is 0 Å². The third-order valence-electron chi connectivity index (χ3n) is 4.54. The van der Waals surface area contributed by atoms with E-state index < -0.39 is 29.4 Å². The van der Waals surface area contributed by atoms with Crippen molar-refractivity contribution in [3.05, 3.63) is 0 Å². The molecule has 9 heteroatoms. The summed E-state index contributed by atoms with van der Waals surface area (Å²) >= 11 is 0. The van der Waals surface area contributed by atoms with Gasteiger partial charge in [-0.2, -0.15) is 0 Å². The van der Waals surface area contributed by atoms with Crippen LogP contribution in [0, 0.1) is 0 Å². The van der Waals surface area contributed by atoms with Crippen LogP contribution in [0.15, 0.2) is 0 Å². The van der Waals surface area contributed by atoms with Gasteiger partial charge >= 0.3 is 12.2 Å². The molecule has 29 heavy (non-hydrogen) atoms. The van der Waals surface area contributed by atoms with Crippen molar-refractivity contribution in [1.29, 1.82) is 0 Å². The summed E-state index contributed by atoms with van der Waals surface area (Å²) in [7, 11) is 0. The van der Waals surface area contributed by atoms with E-state index in [1.54, 1.807) is 56.2 Å². The number of rotatable bonds is 2. The third kappa shape index (κ3) is 7.38. The second-order valence-corrected chi connectivity index (χ2v) is 9.45. The Bertz CT molecular complexity index is 604. The number of carbonyl (C=O) groups is 3. The maximum atomic E-state index is 12.8. The number of nitrogens with zero attached hydrogens (tertiary/aromatic N) is 3.